The topological polar surface area (TPSA) is 55.8 Å². The van der Waals surface area contributed by atoms with Crippen LogP contribution in [0.1, 0.15) is 27.7 Å². The molecule has 0 radical (unpaired) electrons. The van der Waals surface area contributed by atoms with Crippen LogP contribution in [-0.2, 0) is 14.0 Å². The first-order chi connectivity index (χ1) is 7.12. The van der Waals surface area contributed by atoms with E-state index in [4.69, 9.17) is 14.3 Å². The molecule has 5 heteroatoms. The molecule has 0 aromatic rings. The van der Waals surface area contributed by atoms with Crippen molar-refractivity contribution in [1.82, 2.24) is 0 Å². The summed E-state index contributed by atoms with van der Waals surface area (Å²) in [4.78, 5) is 11.0. The molecule has 96 valence electrons. The standard InChI is InChI=1S/C11H24O4Si/c1-7-14-8-9(10(12)13)15-16(5,6)11(2,3)4/h9H,7-8H2,1-6H3,(H,12,13)/t9-/m0/s1. The fraction of sp³-hybridized carbons (Fsp3) is 0.909. The molecule has 0 aliphatic heterocycles. The number of hydrogen-bond donors (Lipinski definition) is 1. The van der Waals surface area contributed by atoms with Crippen LogP contribution in [0.5, 0.6) is 0 Å². The van der Waals surface area contributed by atoms with Gasteiger partial charge in [-0.05, 0) is 25.1 Å². The maximum atomic E-state index is 11.0. The molecular formula is C11H24O4Si. The van der Waals surface area contributed by atoms with Crippen molar-refractivity contribution in [3.8, 4) is 0 Å². The lowest BCUT2D eigenvalue weighted by molar-refractivity contribution is -0.148. The Morgan fingerprint density at radius 1 is 1.38 bits per heavy atom. The highest BCUT2D eigenvalue weighted by atomic mass is 28.4. The van der Waals surface area contributed by atoms with Gasteiger partial charge in [0, 0.05) is 6.61 Å². The van der Waals surface area contributed by atoms with Gasteiger partial charge in [-0.1, -0.05) is 20.8 Å². The van der Waals surface area contributed by atoms with Gasteiger partial charge in [0.05, 0.1) is 6.61 Å². The predicted molar refractivity (Wildman–Crippen MR) is 66.2 cm³/mol. The Morgan fingerprint density at radius 2 is 1.88 bits per heavy atom. The summed E-state index contributed by atoms with van der Waals surface area (Å²) >= 11 is 0. The van der Waals surface area contributed by atoms with Crippen molar-refractivity contribution in [2.75, 3.05) is 13.2 Å². The number of carboxylic acid groups (broad SMARTS) is 1. The summed E-state index contributed by atoms with van der Waals surface area (Å²) in [6.07, 6.45) is -0.846. The van der Waals surface area contributed by atoms with Gasteiger partial charge in [-0.15, -0.1) is 0 Å². The number of aliphatic carboxylic acids is 1. The second-order valence-electron chi connectivity index (χ2n) is 5.36. The predicted octanol–water partition coefficient (Wildman–Crippen LogP) is 2.50. The highest BCUT2D eigenvalue weighted by molar-refractivity contribution is 6.74. The number of carbonyl (C=O) groups is 1. The van der Waals surface area contributed by atoms with Crippen LogP contribution in [0.3, 0.4) is 0 Å². The Morgan fingerprint density at radius 3 is 2.19 bits per heavy atom. The Balaban J connectivity index is 4.56. The van der Waals surface area contributed by atoms with Crippen LogP contribution in [0.15, 0.2) is 0 Å². The first-order valence-electron chi connectivity index (χ1n) is 5.60. The van der Waals surface area contributed by atoms with Crippen LogP contribution in [-0.4, -0.2) is 38.7 Å². The lowest BCUT2D eigenvalue weighted by atomic mass is 10.2. The van der Waals surface area contributed by atoms with Crippen molar-refractivity contribution in [3.05, 3.63) is 0 Å². The molecule has 0 unspecified atom stereocenters. The SMILES string of the molecule is CCOC[C@H](O[Si](C)(C)C(C)(C)C)C(=O)O. The molecule has 0 aromatic heterocycles. The van der Waals surface area contributed by atoms with Crippen molar-refractivity contribution >= 4 is 14.3 Å². The van der Waals surface area contributed by atoms with E-state index < -0.39 is 20.4 Å². The molecule has 0 heterocycles. The number of rotatable bonds is 6. The van der Waals surface area contributed by atoms with Crippen molar-refractivity contribution in [2.24, 2.45) is 0 Å². The molecule has 0 bridgehead atoms. The smallest absolute Gasteiger partial charge is 0.334 e. The zero-order valence-electron chi connectivity index (χ0n) is 11.2. The van der Waals surface area contributed by atoms with Crippen molar-refractivity contribution in [2.45, 2.75) is 51.9 Å². The summed E-state index contributed by atoms with van der Waals surface area (Å²) in [5, 5.41) is 9.05. The van der Waals surface area contributed by atoms with E-state index in [-0.39, 0.29) is 11.6 Å². The van der Waals surface area contributed by atoms with Crippen LogP contribution in [0, 0.1) is 0 Å². The monoisotopic (exact) mass is 248 g/mol. The van der Waals surface area contributed by atoms with Gasteiger partial charge in [-0.3, -0.25) is 0 Å². The Labute approximate surface area is 99.1 Å². The van der Waals surface area contributed by atoms with E-state index in [0.717, 1.165) is 0 Å². The second-order valence-corrected chi connectivity index (χ2v) is 10.1. The minimum atomic E-state index is -2.04. The normalized spacial score (nSPS) is 14.9. The summed E-state index contributed by atoms with van der Waals surface area (Å²) in [6.45, 7) is 12.8. The van der Waals surface area contributed by atoms with Crippen LogP contribution < -0.4 is 0 Å². The summed E-state index contributed by atoms with van der Waals surface area (Å²) in [5.41, 5.74) is 0. The average Bonchev–Trinajstić information content (AvgIpc) is 2.09. The van der Waals surface area contributed by atoms with Crippen LogP contribution >= 0.6 is 0 Å². The molecule has 0 aliphatic carbocycles. The van der Waals surface area contributed by atoms with E-state index in [9.17, 15) is 4.79 Å². The van der Waals surface area contributed by atoms with Gasteiger partial charge in [0.15, 0.2) is 14.4 Å². The van der Waals surface area contributed by atoms with Crippen LogP contribution in [0.25, 0.3) is 0 Å². The molecule has 0 saturated carbocycles. The van der Waals surface area contributed by atoms with Gasteiger partial charge >= 0.3 is 5.97 Å². The van der Waals surface area contributed by atoms with Crippen LogP contribution in [0.2, 0.25) is 18.1 Å². The fourth-order valence-corrected chi connectivity index (χ4v) is 2.15. The second kappa shape index (κ2) is 5.79. The Hall–Kier alpha value is -0.393. The van der Waals surface area contributed by atoms with Crippen molar-refractivity contribution < 1.29 is 19.1 Å². The first-order valence-corrected chi connectivity index (χ1v) is 8.51. The van der Waals surface area contributed by atoms with E-state index >= 15 is 0 Å². The summed E-state index contributed by atoms with van der Waals surface area (Å²) in [5.74, 6) is -0.946. The lowest BCUT2D eigenvalue weighted by Crippen LogP contribution is -2.47. The number of carboxylic acids is 1. The molecular weight excluding hydrogens is 224 g/mol. The summed E-state index contributed by atoms with van der Waals surface area (Å²) in [6, 6.07) is 0. The van der Waals surface area contributed by atoms with Crippen molar-refractivity contribution in [3.63, 3.8) is 0 Å². The van der Waals surface area contributed by atoms with Gasteiger partial charge in [-0.25, -0.2) is 4.79 Å². The third-order valence-electron chi connectivity index (χ3n) is 2.99. The quantitative estimate of drug-likeness (QED) is 0.734. The van der Waals surface area contributed by atoms with Gasteiger partial charge in [0.1, 0.15) is 0 Å². The molecule has 0 fully saturated rings. The van der Waals surface area contributed by atoms with Gasteiger partial charge in [0.2, 0.25) is 0 Å². The van der Waals surface area contributed by atoms with E-state index in [2.05, 4.69) is 20.8 Å². The van der Waals surface area contributed by atoms with E-state index in [1.807, 2.05) is 20.0 Å². The maximum absolute atomic E-state index is 11.0. The fourth-order valence-electron chi connectivity index (χ4n) is 0.913. The Kier molecular flexibility index (Phi) is 5.65. The highest BCUT2D eigenvalue weighted by Gasteiger charge is 2.40. The average molecular weight is 248 g/mol. The molecule has 0 rings (SSSR count). The molecule has 0 saturated heterocycles. The third kappa shape index (κ3) is 4.63. The number of ether oxygens (including phenoxy) is 1. The van der Waals surface area contributed by atoms with Crippen LogP contribution in [0.4, 0.5) is 0 Å². The van der Waals surface area contributed by atoms with E-state index in [1.165, 1.54) is 0 Å². The molecule has 0 amide bonds. The minimum absolute atomic E-state index is 0.00686. The first kappa shape index (κ1) is 15.6. The third-order valence-corrected chi connectivity index (χ3v) is 7.48. The molecule has 4 nitrogen and oxygen atoms in total. The molecule has 1 N–H and O–H groups in total. The van der Waals surface area contributed by atoms with E-state index in [0.29, 0.717) is 6.61 Å². The van der Waals surface area contributed by atoms with E-state index in [1.54, 1.807) is 0 Å². The van der Waals surface area contributed by atoms with Gasteiger partial charge in [-0.2, -0.15) is 0 Å². The van der Waals surface area contributed by atoms with Crippen molar-refractivity contribution in [1.29, 1.82) is 0 Å². The molecule has 0 aromatic carbocycles. The zero-order chi connectivity index (χ0) is 13.0. The van der Waals surface area contributed by atoms with Gasteiger partial charge < -0.3 is 14.3 Å². The molecule has 1 atom stereocenters. The highest BCUT2D eigenvalue weighted by Crippen LogP contribution is 2.37. The summed E-state index contributed by atoms with van der Waals surface area (Å²) < 4.78 is 10.9. The summed E-state index contributed by atoms with van der Waals surface area (Å²) in [7, 11) is -2.04. The Bertz CT molecular complexity index is 233. The molecule has 0 aliphatic rings. The van der Waals surface area contributed by atoms with Gasteiger partial charge in [0.25, 0.3) is 0 Å². The zero-order valence-corrected chi connectivity index (χ0v) is 12.2. The lowest BCUT2D eigenvalue weighted by Gasteiger charge is -2.38. The number of hydrogen-bond acceptors (Lipinski definition) is 3. The molecule has 0 spiro atoms. The largest absolute Gasteiger partial charge is 0.479 e. The maximum Gasteiger partial charge on any atom is 0.334 e. The molecule has 16 heavy (non-hydrogen) atoms. The minimum Gasteiger partial charge on any atom is -0.479 e.